The first-order chi connectivity index (χ1) is 6.20. The predicted octanol–water partition coefficient (Wildman–Crippen LogP) is 3.46. The third kappa shape index (κ3) is 5.53. The zero-order valence-electron chi connectivity index (χ0n) is 8.76. The van der Waals surface area contributed by atoms with Crippen molar-refractivity contribution in [3.8, 4) is 0 Å². The summed E-state index contributed by atoms with van der Waals surface area (Å²) in [5, 5.41) is 0.419. The number of hydrogen-bond donors (Lipinski definition) is 0. The first-order valence-corrected chi connectivity index (χ1v) is 5.85. The number of halogens is 1. The van der Waals surface area contributed by atoms with E-state index in [0.29, 0.717) is 11.3 Å². The summed E-state index contributed by atoms with van der Waals surface area (Å²) in [4.78, 5) is 0. The molecule has 0 heterocycles. The van der Waals surface area contributed by atoms with Crippen molar-refractivity contribution in [2.45, 2.75) is 44.9 Å². The molecule has 0 aromatic carbocycles. The van der Waals surface area contributed by atoms with Crippen LogP contribution in [-0.2, 0) is 4.74 Å². The predicted molar refractivity (Wildman–Crippen MR) is 57.3 cm³/mol. The second-order valence-corrected chi connectivity index (χ2v) is 5.02. The van der Waals surface area contributed by atoms with E-state index >= 15 is 0 Å². The minimum atomic E-state index is 0.419. The Morgan fingerprint density at radius 3 is 2.62 bits per heavy atom. The van der Waals surface area contributed by atoms with Gasteiger partial charge in [0.25, 0.3) is 0 Å². The second kappa shape index (κ2) is 5.87. The molecule has 1 saturated carbocycles. The van der Waals surface area contributed by atoms with Gasteiger partial charge in [0.2, 0.25) is 0 Å². The highest BCUT2D eigenvalue weighted by Crippen LogP contribution is 2.37. The molecule has 1 aliphatic carbocycles. The Labute approximate surface area is 86.8 Å². The molecule has 1 fully saturated rings. The maximum atomic E-state index is 6.16. The van der Waals surface area contributed by atoms with Crippen molar-refractivity contribution in [3.05, 3.63) is 0 Å². The van der Waals surface area contributed by atoms with E-state index < -0.39 is 0 Å². The van der Waals surface area contributed by atoms with Gasteiger partial charge in [0.1, 0.15) is 0 Å². The first kappa shape index (κ1) is 11.3. The fraction of sp³-hybridized carbons (Fsp3) is 1.00. The standard InChI is InChI=1S/C11H21ClO/c1-9(2)8-13-7-3-4-11(12)10-5-6-10/h9-11H,3-8H2,1-2H3. The van der Waals surface area contributed by atoms with Gasteiger partial charge in [-0.1, -0.05) is 13.8 Å². The number of ether oxygens (including phenoxy) is 1. The molecular weight excluding hydrogens is 184 g/mol. The van der Waals surface area contributed by atoms with Gasteiger partial charge in [0, 0.05) is 18.6 Å². The van der Waals surface area contributed by atoms with Gasteiger partial charge in [0.05, 0.1) is 0 Å². The summed E-state index contributed by atoms with van der Waals surface area (Å²) in [5.74, 6) is 1.47. The molecular formula is C11H21ClO. The molecule has 0 aromatic heterocycles. The Morgan fingerprint density at radius 1 is 1.38 bits per heavy atom. The van der Waals surface area contributed by atoms with Crippen LogP contribution in [0.15, 0.2) is 0 Å². The lowest BCUT2D eigenvalue weighted by Gasteiger charge is -2.09. The molecule has 1 aliphatic rings. The van der Waals surface area contributed by atoms with Gasteiger partial charge in [-0.25, -0.2) is 0 Å². The van der Waals surface area contributed by atoms with Gasteiger partial charge >= 0.3 is 0 Å². The summed E-state index contributed by atoms with van der Waals surface area (Å²) >= 11 is 6.16. The molecule has 0 radical (unpaired) electrons. The Bertz CT molecular complexity index is 132. The topological polar surface area (TPSA) is 9.23 Å². The first-order valence-electron chi connectivity index (χ1n) is 5.42. The minimum absolute atomic E-state index is 0.419. The van der Waals surface area contributed by atoms with E-state index in [4.69, 9.17) is 16.3 Å². The van der Waals surface area contributed by atoms with Crippen LogP contribution in [0.1, 0.15) is 39.5 Å². The Kier molecular flexibility index (Phi) is 5.12. The average Bonchev–Trinajstić information content (AvgIpc) is 2.85. The van der Waals surface area contributed by atoms with E-state index in [1.165, 1.54) is 12.8 Å². The van der Waals surface area contributed by atoms with Crippen LogP contribution >= 0.6 is 11.6 Å². The van der Waals surface area contributed by atoms with Crippen molar-refractivity contribution >= 4 is 11.6 Å². The van der Waals surface area contributed by atoms with E-state index in [0.717, 1.165) is 32.0 Å². The molecule has 1 nitrogen and oxygen atoms in total. The third-order valence-corrected chi connectivity index (χ3v) is 2.93. The van der Waals surface area contributed by atoms with Crippen LogP contribution in [0.3, 0.4) is 0 Å². The smallest absolute Gasteiger partial charge is 0.0488 e. The number of rotatable bonds is 7. The molecule has 0 bridgehead atoms. The van der Waals surface area contributed by atoms with E-state index in [9.17, 15) is 0 Å². The van der Waals surface area contributed by atoms with Crippen molar-refractivity contribution in [3.63, 3.8) is 0 Å². The Balaban J connectivity index is 1.83. The lowest BCUT2D eigenvalue weighted by molar-refractivity contribution is 0.106. The summed E-state index contributed by atoms with van der Waals surface area (Å²) in [6.45, 7) is 6.12. The van der Waals surface area contributed by atoms with Crippen molar-refractivity contribution in [1.29, 1.82) is 0 Å². The van der Waals surface area contributed by atoms with E-state index in [2.05, 4.69) is 13.8 Å². The van der Waals surface area contributed by atoms with Crippen molar-refractivity contribution in [2.24, 2.45) is 11.8 Å². The van der Waals surface area contributed by atoms with Crippen LogP contribution in [0.25, 0.3) is 0 Å². The van der Waals surface area contributed by atoms with Gasteiger partial charge in [-0.2, -0.15) is 0 Å². The molecule has 2 heteroatoms. The molecule has 13 heavy (non-hydrogen) atoms. The zero-order valence-corrected chi connectivity index (χ0v) is 9.52. The Hall–Kier alpha value is 0.250. The molecule has 0 spiro atoms. The maximum absolute atomic E-state index is 6.16. The summed E-state index contributed by atoms with van der Waals surface area (Å²) in [5.41, 5.74) is 0. The normalized spacial score (nSPS) is 19.4. The SMILES string of the molecule is CC(C)COCCCC(Cl)C1CC1. The van der Waals surface area contributed by atoms with E-state index in [1.807, 2.05) is 0 Å². The van der Waals surface area contributed by atoms with Gasteiger partial charge in [-0.15, -0.1) is 11.6 Å². The second-order valence-electron chi connectivity index (χ2n) is 4.46. The molecule has 1 atom stereocenters. The zero-order chi connectivity index (χ0) is 9.68. The monoisotopic (exact) mass is 204 g/mol. The lowest BCUT2D eigenvalue weighted by Crippen LogP contribution is -2.06. The molecule has 0 N–H and O–H groups in total. The van der Waals surface area contributed by atoms with Gasteiger partial charge in [0.15, 0.2) is 0 Å². The summed E-state index contributed by atoms with van der Waals surface area (Å²) < 4.78 is 5.49. The maximum Gasteiger partial charge on any atom is 0.0488 e. The van der Waals surface area contributed by atoms with Gasteiger partial charge < -0.3 is 4.74 Å². The molecule has 1 rings (SSSR count). The van der Waals surface area contributed by atoms with Crippen molar-refractivity contribution in [1.82, 2.24) is 0 Å². The van der Waals surface area contributed by atoms with E-state index in [1.54, 1.807) is 0 Å². The van der Waals surface area contributed by atoms with Crippen molar-refractivity contribution in [2.75, 3.05) is 13.2 Å². The highest BCUT2D eigenvalue weighted by molar-refractivity contribution is 6.20. The lowest BCUT2D eigenvalue weighted by atomic mass is 10.2. The number of hydrogen-bond acceptors (Lipinski definition) is 1. The molecule has 0 aromatic rings. The summed E-state index contributed by atoms with van der Waals surface area (Å²) in [6.07, 6.45) is 4.95. The van der Waals surface area contributed by atoms with E-state index in [-0.39, 0.29) is 0 Å². The highest BCUT2D eigenvalue weighted by Gasteiger charge is 2.28. The van der Waals surface area contributed by atoms with Crippen LogP contribution < -0.4 is 0 Å². The van der Waals surface area contributed by atoms with Crippen LogP contribution in [0, 0.1) is 11.8 Å². The Morgan fingerprint density at radius 2 is 2.08 bits per heavy atom. The largest absolute Gasteiger partial charge is 0.381 e. The fourth-order valence-electron chi connectivity index (χ4n) is 1.39. The fourth-order valence-corrected chi connectivity index (χ4v) is 1.80. The van der Waals surface area contributed by atoms with Gasteiger partial charge in [-0.05, 0) is 37.5 Å². The molecule has 0 amide bonds. The molecule has 0 saturated heterocycles. The molecule has 0 aliphatic heterocycles. The van der Waals surface area contributed by atoms with Crippen LogP contribution in [-0.4, -0.2) is 18.6 Å². The average molecular weight is 205 g/mol. The molecule has 1 unspecified atom stereocenters. The number of alkyl halides is 1. The van der Waals surface area contributed by atoms with Crippen molar-refractivity contribution < 1.29 is 4.74 Å². The van der Waals surface area contributed by atoms with Crippen LogP contribution in [0.2, 0.25) is 0 Å². The summed E-state index contributed by atoms with van der Waals surface area (Å²) in [6, 6.07) is 0. The third-order valence-electron chi connectivity index (χ3n) is 2.35. The van der Waals surface area contributed by atoms with Gasteiger partial charge in [-0.3, -0.25) is 0 Å². The summed E-state index contributed by atoms with van der Waals surface area (Å²) in [7, 11) is 0. The van der Waals surface area contributed by atoms with Crippen LogP contribution in [0.4, 0.5) is 0 Å². The van der Waals surface area contributed by atoms with Crippen LogP contribution in [0.5, 0.6) is 0 Å². The highest BCUT2D eigenvalue weighted by atomic mass is 35.5. The molecule has 78 valence electrons. The minimum Gasteiger partial charge on any atom is -0.381 e. The quantitative estimate of drug-likeness (QED) is 0.456.